The monoisotopic (exact) mass is 523 g/mol. The largest absolute Gasteiger partial charge is 0.507 e. The zero-order chi connectivity index (χ0) is 27.3. The van der Waals surface area contributed by atoms with Crippen molar-refractivity contribution >= 4 is 17.9 Å². The first-order valence-electron chi connectivity index (χ1n) is 14.1. The molecule has 0 heterocycles. The highest BCUT2D eigenvalue weighted by molar-refractivity contribution is 5.85. The SMILES string of the molecule is C=CC(=O)OCCCCCCOc1ccc(N=Cc2ccc(OCCCCCCCCCC)cc2O)cc1. The fourth-order valence-electron chi connectivity index (χ4n) is 3.90. The van der Waals surface area contributed by atoms with Gasteiger partial charge >= 0.3 is 5.97 Å². The molecule has 0 fully saturated rings. The zero-order valence-electron chi connectivity index (χ0n) is 23.0. The van der Waals surface area contributed by atoms with Gasteiger partial charge in [-0.15, -0.1) is 0 Å². The van der Waals surface area contributed by atoms with Crippen LogP contribution in [-0.2, 0) is 9.53 Å². The van der Waals surface area contributed by atoms with E-state index in [-0.39, 0.29) is 11.7 Å². The molecule has 0 spiro atoms. The Kier molecular flexibility index (Phi) is 16.1. The van der Waals surface area contributed by atoms with Gasteiger partial charge in [0.2, 0.25) is 0 Å². The van der Waals surface area contributed by atoms with Crippen molar-refractivity contribution in [3.8, 4) is 17.2 Å². The summed E-state index contributed by atoms with van der Waals surface area (Å²) in [6.07, 6.45) is 16.7. The molecule has 0 bridgehead atoms. The summed E-state index contributed by atoms with van der Waals surface area (Å²) in [4.78, 5) is 15.4. The Morgan fingerprint density at radius 2 is 1.34 bits per heavy atom. The minimum Gasteiger partial charge on any atom is -0.507 e. The van der Waals surface area contributed by atoms with Gasteiger partial charge in [-0.2, -0.15) is 0 Å². The maximum atomic E-state index is 11.0. The average Bonchev–Trinajstić information content (AvgIpc) is 2.93. The molecule has 6 nitrogen and oxygen atoms in total. The summed E-state index contributed by atoms with van der Waals surface area (Å²) in [7, 11) is 0. The van der Waals surface area contributed by atoms with E-state index in [0.717, 1.165) is 43.5 Å². The standard InChI is InChI=1S/C32H45NO5/c1-3-5-6-7-8-9-10-13-23-37-30-19-16-27(31(34)25-30)26-33-28-17-20-29(21-18-28)36-22-14-11-12-15-24-38-32(35)4-2/h4,16-21,25-26,34H,2-3,5-15,22-24H2,1H3. The number of ether oxygens (including phenoxy) is 3. The van der Waals surface area contributed by atoms with E-state index in [1.165, 1.54) is 51.0 Å². The van der Waals surface area contributed by atoms with Crippen LogP contribution in [0.4, 0.5) is 5.69 Å². The van der Waals surface area contributed by atoms with Gasteiger partial charge in [-0.05, 0) is 68.5 Å². The summed E-state index contributed by atoms with van der Waals surface area (Å²) in [5.41, 5.74) is 1.42. The van der Waals surface area contributed by atoms with Crippen molar-refractivity contribution in [2.45, 2.75) is 84.0 Å². The van der Waals surface area contributed by atoms with E-state index in [9.17, 15) is 9.90 Å². The van der Waals surface area contributed by atoms with Crippen LogP contribution in [0.3, 0.4) is 0 Å². The number of hydrogen-bond donors (Lipinski definition) is 1. The second-order valence-corrected chi connectivity index (χ2v) is 9.43. The van der Waals surface area contributed by atoms with Crippen LogP contribution in [0, 0.1) is 0 Å². The smallest absolute Gasteiger partial charge is 0.330 e. The Morgan fingerprint density at radius 3 is 1.95 bits per heavy atom. The van der Waals surface area contributed by atoms with Crippen LogP contribution in [0.2, 0.25) is 0 Å². The summed E-state index contributed by atoms with van der Waals surface area (Å²) >= 11 is 0. The van der Waals surface area contributed by atoms with Crippen molar-refractivity contribution in [3.05, 3.63) is 60.7 Å². The number of esters is 1. The number of benzene rings is 2. The van der Waals surface area contributed by atoms with E-state index in [1.54, 1.807) is 12.3 Å². The highest BCUT2D eigenvalue weighted by Crippen LogP contribution is 2.24. The summed E-state index contributed by atoms with van der Waals surface area (Å²) in [6.45, 7) is 7.35. The predicted molar refractivity (Wildman–Crippen MR) is 155 cm³/mol. The maximum Gasteiger partial charge on any atom is 0.330 e. The van der Waals surface area contributed by atoms with Crippen LogP contribution in [0.1, 0.15) is 89.5 Å². The third-order valence-corrected chi connectivity index (χ3v) is 6.18. The lowest BCUT2D eigenvalue weighted by Gasteiger charge is -2.08. The van der Waals surface area contributed by atoms with Crippen LogP contribution >= 0.6 is 0 Å². The Balaban J connectivity index is 1.62. The van der Waals surface area contributed by atoms with Gasteiger partial charge in [0.05, 0.1) is 25.5 Å². The Labute approximate surface area is 228 Å². The van der Waals surface area contributed by atoms with E-state index in [0.29, 0.717) is 31.1 Å². The van der Waals surface area contributed by atoms with Gasteiger partial charge in [-0.1, -0.05) is 58.4 Å². The average molecular weight is 524 g/mol. The highest BCUT2D eigenvalue weighted by Gasteiger charge is 2.03. The molecule has 0 unspecified atom stereocenters. The molecular weight excluding hydrogens is 478 g/mol. The van der Waals surface area contributed by atoms with Crippen LogP contribution in [0.5, 0.6) is 17.2 Å². The number of aliphatic imine (C=N–C) groups is 1. The number of phenolic OH excluding ortho intramolecular Hbond substituents is 1. The molecule has 2 aromatic rings. The van der Waals surface area contributed by atoms with Crippen LogP contribution in [-0.4, -0.2) is 37.1 Å². The molecule has 1 N–H and O–H groups in total. The fraction of sp³-hybridized carbons (Fsp3) is 0.500. The molecule has 38 heavy (non-hydrogen) atoms. The molecule has 0 aliphatic rings. The van der Waals surface area contributed by atoms with Crippen LogP contribution in [0.25, 0.3) is 0 Å². The van der Waals surface area contributed by atoms with Crippen molar-refractivity contribution in [2.24, 2.45) is 4.99 Å². The van der Waals surface area contributed by atoms with Crippen molar-refractivity contribution < 1.29 is 24.1 Å². The molecule has 0 aliphatic carbocycles. The molecule has 0 amide bonds. The summed E-state index contributed by atoms with van der Waals surface area (Å²) in [6, 6.07) is 12.9. The Hall–Kier alpha value is -3.28. The molecule has 0 saturated heterocycles. The number of rotatable bonds is 21. The summed E-state index contributed by atoms with van der Waals surface area (Å²) < 4.78 is 16.5. The second-order valence-electron chi connectivity index (χ2n) is 9.43. The number of unbranched alkanes of at least 4 members (excludes halogenated alkanes) is 10. The highest BCUT2D eigenvalue weighted by atomic mass is 16.5. The fourth-order valence-corrected chi connectivity index (χ4v) is 3.90. The quantitative estimate of drug-likeness (QED) is 0.0770. The molecule has 0 radical (unpaired) electrons. The Bertz CT molecular complexity index is 955. The number of carbonyl (C=O) groups is 1. The number of aromatic hydroxyl groups is 1. The van der Waals surface area contributed by atoms with E-state index in [1.807, 2.05) is 36.4 Å². The van der Waals surface area contributed by atoms with Crippen molar-refractivity contribution in [2.75, 3.05) is 19.8 Å². The number of hydrogen-bond acceptors (Lipinski definition) is 6. The molecule has 0 saturated carbocycles. The zero-order valence-corrected chi connectivity index (χ0v) is 23.0. The molecule has 0 atom stereocenters. The van der Waals surface area contributed by atoms with E-state index < -0.39 is 0 Å². The number of nitrogens with zero attached hydrogens (tertiary/aromatic N) is 1. The summed E-state index contributed by atoms with van der Waals surface area (Å²) in [5, 5.41) is 10.4. The predicted octanol–water partition coefficient (Wildman–Crippen LogP) is 8.33. The molecular formula is C32H45NO5. The lowest BCUT2D eigenvalue weighted by molar-refractivity contribution is -0.137. The molecule has 2 aromatic carbocycles. The number of phenols is 1. The van der Waals surface area contributed by atoms with Gasteiger partial charge in [0, 0.05) is 23.9 Å². The van der Waals surface area contributed by atoms with E-state index >= 15 is 0 Å². The van der Waals surface area contributed by atoms with Gasteiger partial charge < -0.3 is 19.3 Å². The van der Waals surface area contributed by atoms with Crippen molar-refractivity contribution in [1.82, 2.24) is 0 Å². The first-order valence-corrected chi connectivity index (χ1v) is 14.1. The van der Waals surface area contributed by atoms with Gasteiger partial charge in [-0.25, -0.2) is 4.79 Å². The molecule has 0 aliphatic heterocycles. The molecule has 208 valence electrons. The van der Waals surface area contributed by atoms with Gasteiger partial charge in [0.15, 0.2) is 0 Å². The maximum absolute atomic E-state index is 11.0. The van der Waals surface area contributed by atoms with Crippen LogP contribution in [0.15, 0.2) is 60.1 Å². The Morgan fingerprint density at radius 1 is 0.789 bits per heavy atom. The number of carbonyl (C=O) groups excluding carboxylic acids is 1. The van der Waals surface area contributed by atoms with E-state index in [2.05, 4.69) is 18.5 Å². The van der Waals surface area contributed by atoms with Crippen LogP contribution < -0.4 is 9.47 Å². The lowest BCUT2D eigenvalue weighted by Crippen LogP contribution is -2.02. The first-order chi connectivity index (χ1) is 18.6. The van der Waals surface area contributed by atoms with Crippen molar-refractivity contribution in [1.29, 1.82) is 0 Å². The van der Waals surface area contributed by atoms with Gasteiger partial charge in [0.25, 0.3) is 0 Å². The normalized spacial score (nSPS) is 11.0. The topological polar surface area (TPSA) is 77.4 Å². The van der Waals surface area contributed by atoms with Gasteiger partial charge in [-0.3, -0.25) is 4.99 Å². The van der Waals surface area contributed by atoms with Crippen molar-refractivity contribution in [3.63, 3.8) is 0 Å². The minimum absolute atomic E-state index is 0.154. The first kappa shape index (κ1) is 30.9. The lowest BCUT2D eigenvalue weighted by atomic mass is 10.1. The van der Waals surface area contributed by atoms with Gasteiger partial charge in [0.1, 0.15) is 17.2 Å². The third kappa shape index (κ3) is 13.9. The molecule has 6 heteroatoms. The van der Waals surface area contributed by atoms with E-state index in [4.69, 9.17) is 14.2 Å². The minimum atomic E-state index is -0.370. The molecule has 0 aromatic heterocycles. The molecule has 2 rings (SSSR count). The third-order valence-electron chi connectivity index (χ3n) is 6.18. The summed E-state index contributed by atoms with van der Waals surface area (Å²) in [5.74, 6) is 1.26. The second kappa shape index (κ2) is 19.8.